The van der Waals surface area contributed by atoms with Crippen molar-refractivity contribution in [2.75, 3.05) is 13.1 Å². The molecule has 1 N–H and O–H groups in total. The number of piperidine rings is 1. The van der Waals surface area contributed by atoms with Crippen LogP contribution in [0.4, 0.5) is 0 Å². The van der Waals surface area contributed by atoms with E-state index in [9.17, 15) is 0 Å². The average molecular weight is 236 g/mol. The van der Waals surface area contributed by atoms with Gasteiger partial charge in [-0.05, 0) is 50.2 Å². The molecule has 0 spiro atoms. The van der Waals surface area contributed by atoms with Crippen molar-refractivity contribution >= 4 is 11.3 Å². The summed E-state index contributed by atoms with van der Waals surface area (Å²) in [5.74, 6) is 0. The van der Waals surface area contributed by atoms with Crippen LogP contribution in [0.5, 0.6) is 0 Å². The first-order valence-corrected chi connectivity index (χ1v) is 7.29. The van der Waals surface area contributed by atoms with E-state index in [2.05, 4.69) is 27.7 Å². The van der Waals surface area contributed by atoms with Gasteiger partial charge in [-0.2, -0.15) is 0 Å². The summed E-state index contributed by atoms with van der Waals surface area (Å²) in [7, 11) is 0. The molecule has 0 radical (unpaired) electrons. The topological polar surface area (TPSA) is 15.3 Å². The molecule has 2 fully saturated rings. The zero-order valence-electron chi connectivity index (χ0n) is 9.69. The largest absolute Gasteiger partial charge is 0.309 e. The van der Waals surface area contributed by atoms with Gasteiger partial charge in [0.05, 0.1) is 0 Å². The minimum atomic E-state index is 0.751. The van der Waals surface area contributed by atoms with Gasteiger partial charge in [-0.3, -0.25) is 0 Å². The Bertz CT molecular complexity index is 323. The molecule has 0 bridgehead atoms. The van der Waals surface area contributed by atoms with E-state index in [-0.39, 0.29) is 0 Å². The molecule has 2 aliphatic rings. The maximum Gasteiger partial charge on any atom is 0.0302 e. The van der Waals surface area contributed by atoms with Gasteiger partial charge < -0.3 is 10.2 Å². The maximum atomic E-state index is 3.72. The normalized spacial score (nSPS) is 30.5. The number of nitrogens with one attached hydrogen (secondary N) is 1. The van der Waals surface area contributed by atoms with Crippen LogP contribution in [-0.2, 0) is 6.54 Å². The lowest BCUT2D eigenvalue weighted by Crippen LogP contribution is -2.45. The van der Waals surface area contributed by atoms with Crippen molar-refractivity contribution in [3.05, 3.63) is 22.4 Å². The van der Waals surface area contributed by atoms with Gasteiger partial charge in [0, 0.05) is 23.5 Å². The number of hydrogen-bond acceptors (Lipinski definition) is 3. The molecular formula is C13H20N2S. The van der Waals surface area contributed by atoms with Gasteiger partial charge in [0.1, 0.15) is 0 Å². The fourth-order valence-corrected chi connectivity index (χ4v) is 3.72. The Labute approximate surface area is 102 Å². The van der Waals surface area contributed by atoms with Crippen LogP contribution in [0.15, 0.2) is 17.5 Å². The van der Waals surface area contributed by atoms with Gasteiger partial charge >= 0.3 is 0 Å². The summed E-state index contributed by atoms with van der Waals surface area (Å²) in [6, 6.07) is 6.00. The lowest BCUT2D eigenvalue weighted by Gasteiger charge is -2.35. The molecule has 0 aromatic carbocycles. The first kappa shape index (κ1) is 10.8. The molecule has 1 aromatic heterocycles. The highest BCUT2D eigenvalue weighted by molar-refractivity contribution is 7.09. The molecule has 2 aliphatic heterocycles. The minimum Gasteiger partial charge on any atom is -0.309 e. The Morgan fingerprint density at radius 2 is 2.38 bits per heavy atom. The second kappa shape index (κ2) is 4.86. The molecule has 2 unspecified atom stereocenters. The van der Waals surface area contributed by atoms with Crippen LogP contribution in [0.1, 0.15) is 30.6 Å². The van der Waals surface area contributed by atoms with Gasteiger partial charge in [0.25, 0.3) is 0 Å². The lowest BCUT2D eigenvalue weighted by molar-refractivity contribution is 0.166. The van der Waals surface area contributed by atoms with Gasteiger partial charge in [-0.15, -0.1) is 11.3 Å². The van der Waals surface area contributed by atoms with Crippen molar-refractivity contribution in [1.82, 2.24) is 10.2 Å². The van der Waals surface area contributed by atoms with Crippen LogP contribution >= 0.6 is 11.3 Å². The van der Waals surface area contributed by atoms with Gasteiger partial charge in [0.15, 0.2) is 0 Å². The van der Waals surface area contributed by atoms with Gasteiger partial charge in [0.2, 0.25) is 0 Å². The first-order chi connectivity index (χ1) is 7.92. The Morgan fingerprint density at radius 3 is 3.25 bits per heavy atom. The van der Waals surface area contributed by atoms with Crippen LogP contribution < -0.4 is 5.32 Å². The molecule has 3 heterocycles. The third-order valence-corrected chi connectivity index (χ3v) is 4.84. The van der Waals surface area contributed by atoms with Crippen LogP contribution in [0.25, 0.3) is 0 Å². The summed E-state index contributed by atoms with van der Waals surface area (Å²) < 4.78 is 0. The van der Waals surface area contributed by atoms with Crippen molar-refractivity contribution in [1.29, 1.82) is 0 Å². The highest BCUT2D eigenvalue weighted by Gasteiger charge is 2.31. The predicted molar refractivity (Wildman–Crippen MR) is 68.8 cm³/mol. The molecule has 2 atom stereocenters. The summed E-state index contributed by atoms with van der Waals surface area (Å²) in [5.41, 5.74) is 0. The van der Waals surface area contributed by atoms with E-state index in [1.807, 2.05) is 11.3 Å². The number of fused-ring (bicyclic) bond motifs is 1. The molecule has 3 heteroatoms. The molecule has 16 heavy (non-hydrogen) atoms. The zero-order valence-corrected chi connectivity index (χ0v) is 10.5. The summed E-state index contributed by atoms with van der Waals surface area (Å²) in [6.07, 6.45) is 5.55. The number of hydrogen-bond donors (Lipinski definition) is 1. The summed E-state index contributed by atoms with van der Waals surface area (Å²) in [4.78, 5) is 4.15. The fraction of sp³-hybridized carbons (Fsp3) is 0.692. The number of nitrogens with zero attached hydrogens (tertiary/aromatic N) is 1. The standard InChI is InChI=1S/C13H20N2S/c1-3-12-9-11(5-7-15(12)6-1)14-10-13-4-2-8-16-13/h2,4,8,11-12,14H,1,3,5-7,9-10H2. The van der Waals surface area contributed by atoms with Crippen molar-refractivity contribution in [3.63, 3.8) is 0 Å². The quantitative estimate of drug-likeness (QED) is 0.867. The maximum absolute atomic E-state index is 3.72. The molecule has 2 nitrogen and oxygen atoms in total. The summed E-state index contributed by atoms with van der Waals surface area (Å²) >= 11 is 1.86. The summed E-state index contributed by atoms with van der Waals surface area (Å²) in [6.45, 7) is 3.73. The third kappa shape index (κ3) is 2.31. The minimum absolute atomic E-state index is 0.751. The number of thiophene rings is 1. The van der Waals surface area contributed by atoms with Crippen molar-refractivity contribution in [3.8, 4) is 0 Å². The second-order valence-electron chi connectivity index (χ2n) is 5.01. The highest BCUT2D eigenvalue weighted by atomic mass is 32.1. The molecule has 88 valence electrons. The van der Waals surface area contributed by atoms with Crippen LogP contribution in [-0.4, -0.2) is 30.1 Å². The number of rotatable bonds is 3. The van der Waals surface area contributed by atoms with Crippen molar-refractivity contribution in [2.24, 2.45) is 0 Å². The predicted octanol–water partition coefficient (Wildman–Crippen LogP) is 2.46. The lowest BCUT2D eigenvalue weighted by atomic mass is 9.97. The van der Waals surface area contributed by atoms with E-state index in [1.54, 1.807) is 0 Å². The Balaban J connectivity index is 1.49. The van der Waals surface area contributed by atoms with Crippen LogP contribution in [0.3, 0.4) is 0 Å². The van der Waals surface area contributed by atoms with E-state index >= 15 is 0 Å². The van der Waals surface area contributed by atoms with E-state index in [1.165, 1.54) is 43.6 Å². The molecule has 0 amide bonds. The summed E-state index contributed by atoms with van der Waals surface area (Å²) in [5, 5.41) is 5.88. The highest BCUT2D eigenvalue weighted by Crippen LogP contribution is 2.27. The van der Waals surface area contributed by atoms with Crippen molar-refractivity contribution in [2.45, 2.75) is 44.3 Å². The Morgan fingerprint density at radius 1 is 1.38 bits per heavy atom. The van der Waals surface area contributed by atoms with Crippen LogP contribution in [0, 0.1) is 0 Å². The van der Waals surface area contributed by atoms with E-state index < -0.39 is 0 Å². The molecule has 3 rings (SSSR count). The molecule has 0 saturated carbocycles. The van der Waals surface area contributed by atoms with E-state index in [0.717, 1.165) is 18.6 Å². The zero-order chi connectivity index (χ0) is 10.8. The monoisotopic (exact) mass is 236 g/mol. The SMILES string of the molecule is c1csc(CNC2CCN3CCCC3C2)c1. The Hall–Kier alpha value is -0.380. The molecule has 2 saturated heterocycles. The van der Waals surface area contributed by atoms with E-state index in [0.29, 0.717) is 0 Å². The van der Waals surface area contributed by atoms with Crippen molar-refractivity contribution < 1.29 is 0 Å². The Kier molecular flexibility index (Phi) is 3.27. The van der Waals surface area contributed by atoms with Gasteiger partial charge in [-0.1, -0.05) is 6.07 Å². The molecular weight excluding hydrogens is 216 g/mol. The van der Waals surface area contributed by atoms with Crippen LogP contribution in [0.2, 0.25) is 0 Å². The molecule has 0 aliphatic carbocycles. The van der Waals surface area contributed by atoms with Gasteiger partial charge in [-0.25, -0.2) is 0 Å². The second-order valence-corrected chi connectivity index (χ2v) is 6.05. The average Bonchev–Trinajstić information content (AvgIpc) is 2.97. The smallest absolute Gasteiger partial charge is 0.0302 e. The van der Waals surface area contributed by atoms with E-state index in [4.69, 9.17) is 0 Å². The molecule has 1 aromatic rings. The fourth-order valence-electron chi connectivity index (χ4n) is 3.07. The third-order valence-electron chi connectivity index (χ3n) is 3.97. The first-order valence-electron chi connectivity index (χ1n) is 6.41.